The molecule has 0 aliphatic heterocycles. The lowest BCUT2D eigenvalue weighted by atomic mass is 9.97. The van der Waals surface area contributed by atoms with E-state index in [1.54, 1.807) is 0 Å². The maximum atomic E-state index is 12.8. The van der Waals surface area contributed by atoms with Gasteiger partial charge in [-0.1, -0.05) is 6.07 Å². The van der Waals surface area contributed by atoms with Crippen LogP contribution in [0.15, 0.2) is 18.2 Å². The van der Waals surface area contributed by atoms with Crippen LogP contribution >= 0.6 is 0 Å². The molecule has 0 bridgehead atoms. The van der Waals surface area contributed by atoms with Gasteiger partial charge in [0.05, 0.1) is 12.2 Å². The van der Waals surface area contributed by atoms with E-state index in [0.29, 0.717) is 6.07 Å². The summed E-state index contributed by atoms with van der Waals surface area (Å²) in [5, 5.41) is 19.2. The van der Waals surface area contributed by atoms with Gasteiger partial charge < -0.3 is 20.7 Å². The molecule has 8 heteroatoms. The van der Waals surface area contributed by atoms with E-state index >= 15 is 0 Å². The fraction of sp³-hybridized carbons (Fsp3) is 0.417. The second kappa shape index (κ2) is 6.10. The monoisotopic (exact) mass is 293 g/mol. The third-order valence-electron chi connectivity index (χ3n) is 2.53. The number of nitrogens with two attached hydrogens (primary N) is 1. The van der Waals surface area contributed by atoms with Crippen LogP contribution in [0.5, 0.6) is 0 Å². The SMILES string of the molecule is CCOC(=O)C(O)C(O)c1ccc(N)cc1C(F)(F)F. The minimum Gasteiger partial charge on any atom is -0.464 e. The Morgan fingerprint density at radius 3 is 2.50 bits per heavy atom. The highest BCUT2D eigenvalue weighted by atomic mass is 19.4. The molecule has 0 fully saturated rings. The topological polar surface area (TPSA) is 92.8 Å². The highest BCUT2D eigenvalue weighted by Gasteiger charge is 2.38. The third-order valence-corrected chi connectivity index (χ3v) is 2.53. The number of carbonyl (C=O) groups is 1. The van der Waals surface area contributed by atoms with Crippen LogP contribution in [0.4, 0.5) is 18.9 Å². The van der Waals surface area contributed by atoms with Gasteiger partial charge in [0.15, 0.2) is 6.10 Å². The molecule has 112 valence electrons. The van der Waals surface area contributed by atoms with Crippen molar-refractivity contribution in [2.24, 2.45) is 0 Å². The van der Waals surface area contributed by atoms with Crippen LogP contribution in [0.3, 0.4) is 0 Å². The number of aliphatic hydroxyl groups is 2. The first-order valence-electron chi connectivity index (χ1n) is 5.67. The van der Waals surface area contributed by atoms with E-state index in [0.717, 1.165) is 12.1 Å². The molecule has 0 radical (unpaired) electrons. The number of halogens is 3. The fourth-order valence-electron chi connectivity index (χ4n) is 1.60. The molecule has 2 atom stereocenters. The van der Waals surface area contributed by atoms with Crippen molar-refractivity contribution in [3.63, 3.8) is 0 Å². The molecule has 0 spiro atoms. The molecule has 0 amide bonds. The fourth-order valence-corrected chi connectivity index (χ4v) is 1.60. The molecule has 1 aromatic carbocycles. The van der Waals surface area contributed by atoms with Crippen LogP contribution in [0, 0.1) is 0 Å². The number of benzene rings is 1. The zero-order valence-electron chi connectivity index (χ0n) is 10.5. The zero-order valence-corrected chi connectivity index (χ0v) is 10.5. The minimum absolute atomic E-state index is 0.0729. The second-order valence-electron chi connectivity index (χ2n) is 3.99. The largest absolute Gasteiger partial charge is 0.464 e. The molecule has 20 heavy (non-hydrogen) atoms. The molecule has 0 heterocycles. The van der Waals surface area contributed by atoms with Gasteiger partial charge in [0.1, 0.15) is 6.10 Å². The standard InChI is InChI=1S/C12H14F3NO4/c1-2-20-11(19)10(18)9(17)7-4-3-6(16)5-8(7)12(13,14)15/h3-5,9-10,17-18H,2,16H2,1H3. The summed E-state index contributed by atoms with van der Waals surface area (Å²) in [7, 11) is 0. The summed E-state index contributed by atoms with van der Waals surface area (Å²) in [5.74, 6) is -1.20. The maximum Gasteiger partial charge on any atom is 0.416 e. The van der Waals surface area contributed by atoms with E-state index in [-0.39, 0.29) is 12.3 Å². The van der Waals surface area contributed by atoms with Crippen LogP contribution in [-0.2, 0) is 15.7 Å². The number of nitrogen functional groups attached to an aromatic ring is 1. The average Bonchev–Trinajstić information content (AvgIpc) is 2.36. The van der Waals surface area contributed by atoms with Crippen LogP contribution < -0.4 is 5.73 Å². The Kier molecular flexibility index (Phi) is 4.96. The Morgan fingerprint density at radius 1 is 1.40 bits per heavy atom. The molecule has 0 saturated heterocycles. The van der Waals surface area contributed by atoms with Crippen LogP contribution in [0.1, 0.15) is 24.2 Å². The zero-order chi connectivity index (χ0) is 15.5. The quantitative estimate of drug-likeness (QED) is 0.574. The lowest BCUT2D eigenvalue weighted by Gasteiger charge is -2.21. The summed E-state index contributed by atoms with van der Waals surface area (Å²) in [6.07, 6.45) is -8.95. The molecule has 0 aliphatic carbocycles. The molecule has 0 aromatic heterocycles. The van der Waals surface area contributed by atoms with Crippen LogP contribution in [-0.4, -0.2) is 28.9 Å². The van der Waals surface area contributed by atoms with Gasteiger partial charge in [0.25, 0.3) is 0 Å². The summed E-state index contributed by atoms with van der Waals surface area (Å²) in [6.45, 7) is 1.39. The van der Waals surface area contributed by atoms with Gasteiger partial charge in [-0.05, 0) is 24.6 Å². The van der Waals surface area contributed by atoms with E-state index in [9.17, 15) is 28.2 Å². The van der Waals surface area contributed by atoms with Crippen molar-refractivity contribution in [3.8, 4) is 0 Å². The van der Waals surface area contributed by atoms with Crippen molar-refractivity contribution >= 4 is 11.7 Å². The van der Waals surface area contributed by atoms with Crippen LogP contribution in [0.25, 0.3) is 0 Å². The number of anilines is 1. The first-order valence-corrected chi connectivity index (χ1v) is 5.67. The molecule has 1 rings (SSSR count). The van der Waals surface area contributed by atoms with Crippen molar-refractivity contribution in [1.82, 2.24) is 0 Å². The van der Waals surface area contributed by atoms with Gasteiger partial charge in [-0.2, -0.15) is 13.2 Å². The van der Waals surface area contributed by atoms with Gasteiger partial charge in [-0.3, -0.25) is 0 Å². The normalized spacial score (nSPS) is 14.7. The number of hydrogen-bond acceptors (Lipinski definition) is 5. The number of alkyl halides is 3. The predicted molar refractivity (Wildman–Crippen MR) is 63.5 cm³/mol. The average molecular weight is 293 g/mol. The first-order chi connectivity index (χ1) is 9.18. The van der Waals surface area contributed by atoms with Gasteiger partial charge >= 0.3 is 12.1 Å². The summed E-state index contributed by atoms with van der Waals surface area (Å²) in [4.78, 5) is 11.2. The van der Waals surface area contributed by atoms with Crippen molar-refractivity contribution in [1.29, 1.82) is 0 Å². The molecule has 2 unspecified atom stereocenters. The van der Waals surface area contributed by atoms with Gasteiger partial charge in [0.2, 0.25) is 0 Å². The summed E-state index contributed by atoms with van der Waals surface area (Å²) < 4.78 is 43.0. The summed E-state index contributed by atoms with van der Waals surface area (Å²) >= 11 is 0. The highest BCUT2D eigenvalue weighted by Crippen LogP contribution is 2.36. The molecule has 4 N–H and O–H groups in total. The Bertz CT molecular complexity index is 490. The number of carbonyl (C=O) groups excluding carboxylic acids is 1. The summed E-state index contributed by atoms with van der Waals surface area (Å²) in [6, 6.07) is 2.66. The van der Waals surface area contributed by atoms with E-state index in [1.807, 2.05) is 0 Å². The lowest BCUT2D eigenvalue weighted by Crippen LogP contribution is -2.31. The lowest BCUT2D eigenvalue weighted by molar-refractivity contribution is -0.161. The Balaban J connectivity index is 3.16. The molecular formula is C12H14F3NO4. The van der Waals surface area contributed by atoms with Crippen molar-refractivity contribution < 1.29 is 32.9 Å². The van der Waals surface area contributed by atoms with Crippen molar-refractivity contribution in [2.75, 3.05) is 12.3 Å². The number of esters is 1. The smallest absolute Gasteiger partial charge is 0.416 e. The van der Waals surface area contributed by atoms with Gasteiger partial charge in [-0.25, -0.2) is 4.79 Å². The molecule has 5 nitrogen and oxygen atoms in total. The van der Waals surface area contributed by atoms with E-state index in [4.69, 9.17) is 5.73 Å². The van der Waals surface area contributed by atoms with Crippen molar-refractivity contribution in [3.05, 3.63) is 29.3 Å². The van der Waals surface area contributed by atoms with E-state index < -0.39 is 35.5 Å². The van der Waals surface area contributed by atoms with Crippen molar-refractivity contribution in [2.45, 2.75) is 25.3 Å². The predicted octanol–water partition coefficient (Wildman–Crippen LogP) is 1.24. The Morgan fingerprint density at radius 2 is 2.00 bits per heavy atom. The number of hydrogen-bond donors (Lipinski definition) is 3. The number of rotatable bonds is 4. The van der Waals surface area contributed by atoms with E-state index in [1.165, 1.54) is 6.92 Å². The second-order valence-corrected chi connectivity index (χ2v) is 3.99. The minimum atomic E-state index is -4.78. The van der Waals surface area contributed by atoms with Crippen LogP contribution in [0.2, 0.25) is 0 Å². The number of ether oxygens (including phenoxy) is 1. The molecule has 1 aromatic rings. The van der Waals surface area contributed by atoms with E-state index in [2.05, 4.69) is 4.74 Å². The Labute approximate surface area is 112 Å². The Hall–Kier alpha value is -1.80. The third kappa shape index (κ3) is 3.61. The maximum absolute atomic E-state index is 12.8. The summed E-state index contributed by atoms with van der Waals surface area (Å²) in [5.41, 5.74) is 3.26. The molecular weight excluding hydrogens is 279 g/mol. The van der Waals surface area contributed by atoms with Gasteiger partial charge in [-0.15, -0.1) is 0 Å². The number of aliphatic hydroxyl groups excluding tert-OH is 2. The molecule has 0 aliphatic rings. The first kappa shape index (κ1) is 16.3. The van der Waals surface area contributed by atoms with Gasteiger partial charge in [0, 0.05) is 5.69 Å². The highest BCUT2D eigenvalue weighted by molar-refractivity contribution is 5.75. The molecule has 0 saturated carbocycles.